The Morgan fingerprint density at radius 2 is 2.00 bits per heavy atom. The molecule has 2 saturated carbocycles. The normalized spacial score (nSPS) is 28.9. The first-order valence-electron chi connectivity index (χ1n) is 13.4. The zero-order chi connectivity index (χ0) is 27.7. The number of aliphatic hydroxyl groups excluding tert-OH is 1. The molecule has 2 aliphatic carbocycles. The molecule has 0 unspecified atom stereocenters. The monoisotopic (exact) mass is 567 g/mol. The van der Waals surface area contributed by atoms with Crippen LogP contribution in [0.15, 0.2) is 23.4 Å². The average Bonchev–Trinajstić information content (AvgIpc) is 3.50. The van der Waals surface area contributed by atoms with Gasteiger partial charge in [-0.25, -0.2) is 13.8 Å². The number of fused-ring (bicyclic) bond motifs is 1. The van der Waals surface area contributed by atoms with E-state index in [1.165, 1.54) is 6.07 Å². The van der Waals surface area contributed by atoms with Crippen LogP contribution in [-0.4, -0.2) is 70.2 Å². The van der Waals surface area contributed by atoms with Crippen molar-refractivity contribution >= 4 is 29.1 Å². The van der Waals surface area contributed by atoms with Crippen molar-refractivity contribution in [3.63, 3.8) is 0 Å². The lowest BCUT2D eigenvalue weighted by Gasteiger charge is -2.23. The van der Waals surface area contributed by atoms with E-state index in [2.05, 4.69) is 17.7 Å². The lowest BCUT2D eigenvalue weighted by atomic mass is 10.1. The summed E-state index contributed by atoms with van der Waals surface area (Å²) in [6, 6.07) is 3.95. The third kappa shape index (κ3) is 6.29. The van der Waals surface area contributed by atoms with Crippen LogP contribution in [-0.2, 0) is 14.2 Å². The Labute approximate surface area is 230 Å². The largest absolute Gasteiger partial charge is 0.394 e. The van der Waals surface area contributed by atoms with Crippen LogP contribution in [0.3, 0.4) is 0 Å². The van der Waals surface area contributed by atoms with Crippen molar-refractivity contribution in [1.29, 1.82) is 0 Å². The number of rotatable bonds is 12. The van der Waals surface area contributed by atoms with E-state index >= 15 is 0 Å². The van der Waals surface area contributed by atoms with Gasteiger partial charge in [-0.3, -0.25) is 11.2 Å². The third-order valence-electron chi connectivity index (χ3n) is 7.23. The molecule has 7 N–H and O–H groups in total. The fraction of sp³-hybridized carbons (Fsp3) is 0.615. The molecule has 0 radical (unpaired) electrons. The van der Waals surface area contributed by atoms with Gasteiger partial charge >= 0.3 is 0 Å². The van der Waals surface area contributed by atoms with E-state index in [4.69, 9.17) is 30.0 Å². The minimum absolute atomic E-state index is 0.00627. The molecule has 2 heterocycles. The minimum atomic E-state index is -0.856. The van der Waals surface area contributed by atoms with Crippen LogP contribution in [0.5, 0.6) is 0 Å². The van der Waals surface area contributed by atoms with E-state index in [1.54, 1.807) is 17.8 Å². The number of halogens is 2. The Balaban J connectivity index is 1.38. The standard InChI is InChI=1S/C26H36F2N6O4S/c1-4-9-39-25-32-23(30-17-11-14(17)13-5-6-15(27)16(28)10-13)20(34-29)24(33-25)31-18-12-19(36-8-7-35)22-21(18)37-26(2,3)38-22/h5-6,10,14,17-19,21-22,34-35H,4,7-9,11-12,29H2,1-3H3,(H2,30,31,32,33)/p+1/t14-,17+,18+,19-,21-,22+/m0/s1. The molecule has 5 rings (SSSR count). The molecule has 1 aromatic carbocycles. The molecule has 1 aliphatic heterocycles. The zero-order valence-corrected chi connectivity index (χ0v) is 23.1. The van der Waals surface area contributed by atoms with Gasteiger partial charge in [0.05, 0.1) is 19.3 Å². The molecular weight excluding hydrogens is 530 g/mol. The predicted molar refractivity (Wildman–Crippen MR) is 143 cm³/mol. The number of anilines is 2. The number of quaternary nitrogens is 1. The second-order valence-electron chi connectivity index (χ2n) is 10.6. The maximum absolute atomic E-state index is 13.8. The first-order chi connectivity index (χ1) is 18.7. The number of nitrogens with two attached hydrogens (primary N) is 2. The van der Waals surface area contributed by atoms with Gasteiger partial charge in [-0.1, -0.05) is 24.8 Å². The van der Waals surface area contributed by atoms with Crippen LogP contribution >= 0.6 is 11.8 Å². The number of nitrogens with zero attached hydrogens (tertiary/aromatic N) is 2. The average molecular weight is 568 g/mol. The third-order valence-corrected chi connectivity index (χ3v) is 8.29. The molecule has 13 heteroatoms. The highest BCUT2D eigenvalue weighted by atomic mass is 32.2. The van der Waals surface area contributed by atoms with Crippen LogP contribution in [0, 0.1) is 11.6 Å². The van der Waals surface area contributed by atoms with Crippen LogP contribution in [0.25, 0.3) is 0 Å². The van der Waals surface area contributed by atoms with Crippen molar-refractivity contribution < 1.29 is 33.4 Å². The van der Waals surface area contributed by atoms with E-state index < -0.39 is 17.4 Å². The number of hydrogen-bond acceptors (Lipinski definition) is 10. The number of aliphatic hydroxyl groups is 1. The lowest BCUT2D eigenvalue weighted by molar-refractivity contribution is -0.621. The number of nitrogen functional groups attached to an aromatic ring is 1. The molecule has 2 aromatic rings. The van der Waals surface area contributed by atoms with Gasteiger partial charge in [-0.05, 0) is 44.4 Å². The molecule has 3 fully saturated rings. The number of aromatic nitrogens is 2. The van der Waals surface area contributed by atoms with Gasteiger partial charge in [0.2, 0.25) is 0 Å². The summed E-state index contributed by atoms with van der Waals surface area (Å²) in [4.78, 5) is 9.55. The predicted octanol–water partition coefficient (Wildman–Crippen LogP) is 2.38. The van der Waals surface area contributed by atoms with Gasteiger partial charge in [-0.2, -0.15) is 4.98 Å². The summed E-state index contributed by atoms with van der Waals surface area (Å²) >= 11 is 1.55. The highest BCUT2D eigenvalue weighted by Crippen LogP contribution is 2.44. The molecule has 0 amide bonds. The Hall–Kier alpha value is -2.13. The second kappa shape index (κ2) is 11.8. The summed E-state index contributed by atoms with van der Waals surface area (Å²) in [6.45, 7) is 6.00. The van der Waals surface area contributed by atoms with E-state index in [1.807, 2.05) is 19.2 Å². The van der Waals surface area contributed by atoms with Crippen molar-refractivity contribution in [2.24, 2.45) is 5.84 Å². The molecule has 6 atom stereocenters. The smallest absolute Gasteiger partial charge is 0.256 e. The Kier molecular flexibility index (Phi) is 8.57. The van der Waals surface area contributed by atoms with E-state index in [-0.39, 0.29) is 49.5 Å². The molecule has 1 saturated heterocycles. The highest BCUT2D eigenvalue weighted by Gasteiger charge is 2.57. The molecule has 39 heavy (non-hydrogen) atoms. The maximum Gasteiger partial charge on any atom is 0.256 e. The molecule has 10 nitrogen and oxygen atoms in total. The number of ether oxygens (including phenoxy) is 3. The highest BCUT2D eigenvalue weighted by molar-refractivity contribution is 7.99. The van der Waals surface area contributed by atoms with E-state index in [0.717, 1.165) is 30.2 Å². The zero-order valence-electron chi connectivity index (χ0n) is 22.3. The van der Waals surface area contributed by atoms with E-state index in [0.29, 0.717) is 28.9 Å². The summed E-state index contributed by atoms with van der Waals surface area (Å²) < 4.78 is 45.5. The molecule has 0 bridgehead atoms. The van der Waals surface area contributed by atoms with Crippen LogP contribution < -0.4 is 21.9 Å². The van der Waals surface area contributed by atoms with Crippen molar-refractivity contribution in [3.05, 3.63) is 35.4 Å². The fourth-order valence-electron chi connectivity index (χ4n) is 5.43. The summed E-state index contributed by atoms with van der Waals surface area (Å²) in [6.07, 6.45) is 1.62. The Bertz CT molecular complexity index is 1180. The fourth-order valence-corrected chi connectivity index (χ4v) is 6.13. The number of hydrazine groups is 1. The quantitative estimate of drug-likeness (QED) is 0.112. The van der Waals surface area contributed by atoms with Crippen molar-refractivity contribution in [2.45, 2.75) is 87.3 Å². The number of nitrogens with one attached hydrogen (secondary N) is 2. The molecular formula is C26H37F2N6O4S+. The molecule has 3 aliphatic rings. The first-order valence-corrected chi connectivity index (χ1v) is 14.4. The topological polar surface area (TPSA) is 140 Å². The number of thioether (sulfide) groups is 1. The summed E-state index contributed by atoms with van der Waals surface area (Å²) in [7, 11) is 0. The molecule has 214 valence electrons. The van der Waals surface area contributed by atoms with Gasteiger partial charge in [0, 0.05) is 24.1 Å². The SMILES string of the molecule is CCCSc1nc(N[C@@H]2C[C@H]2c2ccc(F)c(F)c2)c(NN)c([NH2+][C@@H]2C[C@H](OCCO)[C@H]3OC(C)(C)O[C@H]32)n1. The summed E-state index contributed by atoms with van der Waals surface area (Å²) in [5.74, 6) is 5.62. The maximum atomic E-state index is 13.8. The Morgan fingerprint density at radius 3 is 2.72 bits per heavy atom. The van der Waals surface area contributed by atoms with Crippen LogP contribution in [0.4, 0.5) is 26.1 Å². The molecule has 0 spiro atoms. The molecule has 1 aromatic heterocycles. The van der Waals surface area contributed by atoms with Gasteiger partial charge in [0.25, 0.3) is 5.82 Å². The van der Waals surface area contributed by atoms with Gasteiger partial charge < -0.3 is 30.1 Å². The minimum Gasteiger partial charge on any atom is -0.394 e. The van der Waals surface area contributed by atoms with Gasteiger partial charge in [-0.15, -0.1) is 0 Å². The summed E-state index contributed by atoms with van der Waals surface area (Å²) in [5.41, 5.74) is 4.05. The van der Waals surface area contributed by atoms with Crippen LogP contribution in [0.1, 0.15) is 51.5 Å². The Morgan fingerprint density at radius 1 is 1.21 bits per heavy atom. The second-order valence-corrected chi connectivity index (χ2v) is 11.7. The summed E-state index contributed by atoms with van der Waals surface area (Å²) in [5, 5.41) is 15.4. The van der Waals surface area contributed by atoms with Crippen molar-refractivity contribution in [1.82, 2.24) is 9.97 Å². The number of hydrogen-bond donors (Lipinski definition) is 5. The lowest BCUT2D eigenvalue weighted by Crippen LogP contribution is -2.87. The first kappa shape index (κ1) is 28.4. The van der Waals surface area contributed by atoms with Crippen molar-refractivity contribution in [2.75, 3.05) is 29.7 Å². The van der Waals surface area contributed by atoms with Gasteiger partial charge in [0.1, 0.15) is 18.2 Å². The van der Waals surface area contributed by atoms with Gasteiger partial charge in [0.15, 0.2) is 34.1 Å². The van der Waals surface area contributed by atoms with Crippen LogP contribution in [0.2, 0.25) is 0 Å². The number of benzene rings is 1. The van der Waals surface area contributed by atoms with E-state index in [9.17, 15) is 13.9 Å². The van der Waals surface area contributed by atoms with Crippen molar-refractivity contribution in [3.8, 4) is 0 Å².